The van der Waals surface area contributed by atoms with Crippen molar-refractivity contribution in [1.82, 2.24) is 19.7 Å². The number of carbonyl (C=O) groups is 1. The number of aromatic nitrogens is 3. The number of halogens is 1. The maximum absolute atomic E-state index is 12.5. The Labute approximate surface area is 173 Å². The Balaban J connectivity index is 1.65. The van der Waals surface area contributed by atoms with Crippen LogP contribution in [0, 0.1) is 6.92 Å². The van der Waals surface area contributed by atoms with Gasteiger partial charge in [0.25, 0.3) is 0 Å². The molecule has 0 aliphatic rings. The average Bonchev–Trinajstić information content (AvgIpc) is 3.08. The van der Waals surface area contributed by atoms with Crippen LogP contribution in [-0.4, -0.2) is 45.5 Å². The van der Waals surface area contributed by atoms with Crippen LogP contribution in [0.4, 0.5) is 0 Å². The molecule has 0 unspecified atom stereocenters. The lowest BCUT2D eigenvalue weighted by atomic mass is 10.2. The summed E-state index contributed by atoms with van der Waals surface area (Å²) in [4.78, 5) is 14.2. The number of aryl methyl sites for hydroxylation is 1. The Kier molecular flexibility index (Phi) is 6.59. The topological polar surface area (TPSA) is 60.2 Å². The number of nitrogens with zero attached hydrogens (tertiary/aromatic N) is 4. The van der Waals surface area contributed by atoms with E-state index < -0.39 is 0 Å². The standard InChI is InChI=1S/C20H21ClN4O2S/c1-14-22-23-20(25(14)17-8-10-18(27-3)11-9-17)28-13-19(26)24(2)12-15-4-6-16(21)7-5-15/h4-11H,12-13H2,1-3H3. The van der Waals surface area contributed by atoms with Crippen LogP contribution in [0.5, 0.6) is 5.75 Å². The summed E-state index contributed by atoms with van der Waals surface area (Å²) in [6.45, 7) is 2.41. The Morgan fingerprint density at radius 3 is 2.46 bits per heavy atom. The third-order valence-corrected chi connectivity index (χ3v) is 5.37. The summed E-state index contributed by atoms with van der Waals surface area (Å²) >= 11 is 7.27. The van der Waals surface area contributed by atoms with Crippen LogP contribution in [-0.2, 0) is 11.3 Å². The number of hydrogen-bond acceptors (Lipinski definition) is 5. The van der Waals surface area contributed by atoms with E-state index >= 15 is 0 Å². The molecule has 3 aromatic rings. The minimum atomic E-state index is 0.0156. The molecule has 146 valence electrons. The zero-order valence-corrected chi connectivity index (χ0v) is 17.5. The first-order valence-electron chi connectivity index (χ1n) is 8.65. The van der Waals surface area contributed by atoms with E-state index in [2.05, 4.69) is 10.2 Å². The van der Waals surface area contributed by atoms with Crippen molar-refractivity contribution in [3.63, 3.8) is 0 Å². The van der Waals surface area contributed by atoms with Gasteiger partial charge in [-0.3, -0.25) is 9.36 Å². The second kappa shape index (κ2) is 9.12. The van der Waals surface area contributed by atoms with Crippen LogP contribution in [0.3, 0.4) is 0 Å². The lowest BCUT2D eigenvalue weighted by Crippen LogP contribution is -2.27. The summed E-state index contributed by atoms with van der Waals surface area (Å²) in [6, 6.07) is 15.1. The van der Waals surface area contributed by atoms with Gasteiger partial charge in [-0.25, -0.2) is 0 Å². The van der Waals surface area contributed by atoms with Gasteiger partial charge in [-0.2, -0.15) is 0 Å². The van der Waals surface area contributed by atoms with E-state index in [1.807, 2.05) is 60.0 Å². The Morgan fingerprint density at radius 1 is 1.14 bits per heavy atom. The molecule has 0 N–H and O–H groups in total. The number of carbonyl (C=O) groups excluding carboxylic acids is 1. The summed E-state index contributed by atoms with van der Waals surface area (Å²) < 4.78 is 7.13. The molecular formula is C20H21ClN4O2S. The number of amides is 1. The van der Waals surface area contributed by atoms with Crippen molar-refractivity contribution in [3.8, 4) is 11.4 Å². The number of hydrogen-bond donors (Lipinski definition) is 0. The predicted octanol–water partition coefficient (Wildman–Crippen LogP) is 3.99. The fourth-order valence-corrected chi connectivity index (χ4v) is 3.72. The van der Waals surface area contributed by atoms with E-state index in [0.29, 0.717) is 16.7 Å². The molecule has 0 spiro atoms. The number of rotatable bonds is 7. The summed E-state index contributed by atoms with van der Waals surface area (Å²) in [5.41, 5.74) is 1.95. The van der Waals surface area contributed by atoms with Gasteiger partial charge in [-0.05, 0) is 48.9 Å². The van der Waals surface area contributed by atoms with Gasteiger partial charge in [0, 0.05) is 24.3 Å². The first-order chi connectivity index (χ1) is 13.5. The molecule has 1 amide bonds. The Hall–Kier alpha value is -2.51. The normalized spacial score (nSPS) is 10.7. The molecule has 0 saturated carbocycles. The fourth-order valence-electron chi connectivity index (χ4n) is 2.65. The highest BCUT2D eigenvalue weighted by Gasteiger charge is 2.15. The third-order valence-electron chi connectivity index (χ3n) is 4.21. The zero-order valence-electron chi connectivity index (χ0n) is 15.9. The van der Waals surface area contributed by atoms with Gasteiger partial charge in [-0.15, -0.1) is 10.2 Å². The molecule has 0 aliphatic heterocycles. The van der Waals surface area contributed by atoms with Crippen molar-refractivity contribution in [2.24, 2.45) is 0 Å². The number of benzene rings is 2. The monoisotopic (exact) mass is 416 g/mol. The lowest BCUT2D eigenvalue weighted by Gasteiger charge is -2.17. The number of methoxy groups -OCH3 is 1. The third kappa shape index (κ3) is 4.85. The molecule has 28 heavy (non-hydrogen) atoms. The highest BCUT2D eigenvalue weighted by molar-refractivity contribution is 7.99. The highest BCUT2D eigenvalue weighted by atomic mass is 35.5. The molecule has 0 radical (unpaired) electrons. The molecule has 0 fully saturated rings. The SMILES string of the molecule is COc1ccc(-n2c(C)nnc2SCC(=O)N(C)Cc2ccc(Cl)cc2)cc1. The quantitative estimate of drug-likeness (QED) is 0.545. The molecule has 1 heterocycles. The Morgan fingerprint density at radius 2 is 1.82 bits per heavy atom. The van der Waals surface area contributed by atoms with Crippen LogP contribution in [0.25, 0.3) is 5.69 Å². The van der Waals surface area contributed by atoms with Crippen molar-refractivity contribution >= 4 is 29.3 Å². The van der Waals surface area contributed by atoms with Crippen LogP contribution in [0.2, 0.25) is 5.02 Å². The van der Waals surface area contributed by atoms with Gasteiger partial charge in [0.1, 0.15) is 11.6 Å². The second-order valence-electron chi connectivity index (χ2n) is 6.23. The fraction of sp³-hybridized carbons (Fsp3) is 0.250. The maximum atomic E-state index is 12.5. The summed E-state index contributed by atoms with van der Waals surface area (Å²) in [5, 5.41) is 9.74. The molecule has 6 nitrogen and oxygen atoms in total. The first-order valence-corrected chi connectivity index (χ1v) is 10.0. The van der Waals surface area contributed by atoms with Gasteiger partial charge in [-0.1, -0.05) is 35.5 Å². The van der Waals surface area contributed by atoms with Gasteiger partial charge >= 0.3 is 0 Å². The maximum Gasteiger partial charge on any atom is 0.233 e. The van der Waals surface area contributed by atoms with Crippen LogP contribution < -0.4 is 4.74 Å². The molecule has 2 aromatic carbocycles. The molecule has 3 rings (SSSR count). The minimum Gasteiger partial charge on any atom is -0.497 e. The van der Waals surface area contributed by atoms with E-state index in [9.17, 15) is 4.79 Å². The van der Waals surface area contributed by atoms with Crippen LogP contribution in [0.1, 0.15) is 11.4 Å². The highest BCUT2D eigenvalue weighted by Crippen LogP contribution is 2.24. The van der Waals surface area contributed by atoms with Crippen LogP contribution >= 0.6 is 23.4 Å². The van der Waals surface area contributed by atoms with Gasteiger partial charge in [0.15, 0.2) is 5.16 Å². The average molecular weight is 417 g/mol. The smallest absolute Gasteiger partial charge is 0.233 e. The van der Waals surface area contributed by atoms with Crippen molar-refractivity contribution in [3.05, 3.63) is 64.9 Å². The minimum absolute atomic E-state index is 0.0156. The zero-order chi connectivity index (χ0) is 20.1. The molecule has 8 heteroatoms. The summed E-state index contributed by atoms with van der Waals surface area (Å²) in [7, 11) is 3.42. The first kappa shape index (κ1) is 20.2. The number of thioether (sulfide) groups is 1. The summed E-state index contributed by atoms with van der Waals surface area (Å²) in [5.74, 6) is 1.83. The molecule has 0 atom stereocenters. The van der Waals surface area contributed by atoms with Crippen molar-refractivity contribution in [1.29, 1.82) is 0 Å². The number of ether oxygens (including phenoxy) is 1. The molecular weight excluding hydrogens is 396 g/mol. The molecule has 0 aliphatic carbocycles. The van der Waals surface area contributed by atoms with E-state index in [1.54, 1.807) is 19.1 Å². The van der Waals surface area contributed by atoms with Crippen molar-refractivity contribution in [2.75, 3.05) is 19.9 Å². The van der Waals surface area contributed by atoms with Crippen molar-refractivity contribution < 1.29 is 9.53 Å². The van der Waals surface area contributed by atoms with Gasteiger partial charge in [0.2, 0.25) is 5.91 Å². The van der Waals surface area contributed by atoms with Gasteiger partial charge in [0.05, 0.1) is 12.9 Å². The lowest BCUT2D eigenvalue weighted by molar-refractivity contribution is -0.127. The summed E-state index contributed by atoms with van der Waals surface area (Å²) in [6.07, 6.45) is 0. The Bertz CT molecular complexity index is 942. The molecule has 1 aromatic heterocycles. The van der Waals surface area contributed by atoms with Crippen molar-refractivity contribution in [2.45, 2.75) is 18.6 Å². The van der Waals surface area contributed by atoms with Crippen LogP contribution in [0.15, 0.2) is 53.7 Å². The van der Waals surface area contributed by atoms with E-state index in [0.717, 1.165) is 22.8 Å². The predicted molar refractivity (Wildman–Crippen MR) is 111 cm³/mol. The van der Waals surface area contributed by atoms with Gasteiger partial charge < -0.3 is 9.64 Å². The van der Waals surface area contributed by atoms with E-state index in [4.69, 9.17) is 16.3 Å². The van der Waals surface area contributed by atoms with E-state index in [-0.39, 0.29) is 11.7 Å². The van der Waals surface area contributed by atoms with E-state index in [1.165, 1.54) is 11.8 Å². The largest absolute Gasteiger partial charge is 0.497 e. The second-order valence-corrected chi connectivity index (χ2v) is 7.61. The molecule has 0 bridgehead atoms. The molecule has 0 saturated heterocycles.